The van der Waals surface area contributed by atoms with E-state index in [-0.39, 0.29) is 4.91 Å². The molecule has 4 rings (SSSR count). The number of aryl methyl sites for hydroxylation is 1. The molecule has 0 radical (unpaired) electrons. The molecular weight excluding hydrogens is 384 g/mol. The van der Waals surface area contributed by atoms with E-state index in [1.165, 1.54) is 11.4 Å². The van der Waals surface area contributed by atoms with Gasteiger partial charge in [0.15, 0.2) is 4.91 Å². The maximum Gasteiger partial charge on any atom is 0.270 e. The maximum absolute atomic E-state index is 13.4. The van der Waals surface area contributed by atoms with Gasteiger partial charge in [-0.15, -0.1) is 0 Å². The summed E-state index contributed by atoms with van der Waals surface area (Å²) in [6.45, 7) is 1.86. The van der Waals surface area contributed by atoms with Crippen LogP contribution in [0, 0.1) is 6.92 Å². The summed E-state index contributed by atoms with van der Waals surface area (Å²) < 4.78 is 27.9. The minimum atomic E-state index is -4.04. The molecule has 0 fully saturated rings. The van der Waals surface area contributed by atoms with Gasteiger partial charge in [-0.2, -0.15) is 0 Å². The van der Waals surface area contributed by atoms with E-state index in [9.17, 15) is 13.2 Å². The SMILES string of the molecule is Cc1ccccc1NC(=O)C1=C(c2ccccc2)c2ccccc2N(C)S1(=O)=O. The number of nitrogens with one attached hydrogen (secondary N) is 1. The molecule has 0 spiro atoms. The Hall–Kier alpha value is -3.38. The molecule has 1 heterocycles. The molecule has 5 nitrogen and oxygen atoms in total. The number of carbonyl (C=O) groups excluding carboxylic acids is 1. The number of amides is 1. The fraction of sp³-hybridized carbons (Fsp3) is 0.0870. The largest absolute Gasteiger partial charge is 0.321 e. The number of hydrogen-bond acceptors (Lipinski definition) is 3. The van der Waals surface area contributed by atoms with Gasteiger partial charge in [0.1, 0.15) is 0 Å². The summed E-state index contributed by atoms with van der Waals surface area (Å²) in [5.41, 5.74) is 3.75. The molecule has 3 aromatic carbocycles. The first-order valence-corrected chi connectivity index (χ1v) is 10.6. The van der Waals surface area contributed by atoms with Gasteiger partial charge in [0, 0.05) is 23.9 Å². The molecule has 0 aromatic heterocycles. The highest BCUT2D eigenvalue weighted by molar-refractivity contribution is 7.97. The Labute approximate surface area is 170 Å². The second-order valence-corrected chi connectivity index (χ2v) is 8.73. The van der Waals surface area contributed by atoms with E-state index in [2.05, 4.69) is 5.32 Å². The highest BCUT2D eigenvalue weighted by Gasteiger charge is 2.39. The fourth-order valence-corrected chi connectivity index (χ4v) is 4.95. The molecule has 0 unspecified atom stereocenters. The van der Waals surface area contributed by atoms with Crippen LogP contribution >= 0.6 is 0 Å². The molecule has 6 heteroatoms. The van der Waals surface area contributed by atoms with E-state index in [1.807, 2.05) is 61.5 Å². The van der Waals surface area contributed by atoms with Crippen molar-refractivity contribution in [2.24, 2.45) is 0 Å². The Bertz CT molecular complexity index is 1230. The minimum absolute atomic E-state index is 0.256. The van der Waals surface area contributed by atoms with E-state index in [0.717, 1.165) is 5.56 Å². The minimum Gasteiger partial charge on any atom is -0.321 e. The zero-order chi connectivity index (χ0) is 20.6. The summed E-state index contributed by atoms with van der Waals surface area (Å²) in [5, 5.41) is 2.78. The summed E-state index contributed by atoms with van der Waals surface area (Å²) in [7, 11) is -2.57. The molecule has 1 amide bonds. The number of fused-ring (bicyclic) bond motifs is 1. The van der Waals surface area contributed by atoms with Crippen LogP contribution in [-0.2, 0) is 14.8 Å². The quantitative estimate of drug-likeness (QED) is 0.712. The van der Waals surface area contributed by atoms with Crippen LogP contribution in [0.1, 0.15) is 16.7 Å². The molecule has 1 aliphatic rings. The van der Waals surface area contributed by atoms with Crippen molar-refractivity contribution >= 4 is 32.9 Å². The maximum atomic E-state index is 13.4. The van der Waals surface area contributed by atoms with Gasteiger partial charge in [0.05, 0.1) is 5.69 Å². The first kappa shape index (κ1) is 19.0. The molecule has 29 heavy (non-hydrogen) atoms. The van der Waals surface area contributed by atoms with Crippen LogP contribution in [0.25, 0.3) is 5.57 Å². The van der Waals surface area contributed by atoms with Crippen molar-refractivity contribution in [2.75, 3.05) is 16.7 Å². The Morgan fingerprint density at radius 1 is 0.862 bits per heavy atom. The molecule has 0 aliphatic carbocycles. The molecule has 0 saturated carbocycles. The number of benzene rings is 3. The number of nitrogens with zero attached hydrogens (tertiary/aromatic N) is 1. The summed E-state index contributed by atoms with van der Waals surface area (Å²) >= 11 is 0. The highest BCUT2D eigenvalue weighted by atomic mass is 32.2. The molecule has 146 valence electrons. The van der Waals surface area contributed by atoms with Crippen LogP contribution < -0.4 is 9.62 Å². The lowest BCUT2D eigenvalue weighted by Crippen LogP contribution is -2.37. The smallest absolute Gasteiger partial charge is 0.270 e. The molecular formula is C23H20N2O3S. The van der Waals surface area contributed by atoms with Gasteiger partial charge in [-0.3, -0.25) is 9.10 Å². The van der Waals surface area contributed by atoms with E-state index in [0.29, 0.717) is 28.1 Å². The number of hydrogen-bond donors (Lipinski definition) is 1. The zero-order valence-corrected chi connectivity index (χ0v) is 16.9. The van der Waals surface area contributed by atoms with Crippen molar-refractivity contribution in [1.82, 2.24) is 0 Å². The van der Waals surface area contributed by atoms with E-state index < -0.39 is 15.9 Å². The van der Waals surface area contributed by atoms with Crippen LogP contribution in [0.2, 0.25) is 0 Å². The Morgan fingerprint density at radius 3 is 2.21 bits per heavy atom. The van der Waals surface area contributed by atoms with Gasteiger partial charge >= 0.3 is 0 Å². The van der Waals surface area contributed by atoms with E-state index in [1.54, 1.807) is 24.3 Å². The third-order valence-corrected chi connectivity index (χ3v) is 6.84. The summed E-state index contributed by atoms with van der Waals surface area (Å²) in [5.74, 6) is -0.653. The normalized spacial score (nSPS) is 15.0. The average molecular weight is 404 g/mol. The Morgan fingerprint density at radius 2 is 1.48 bits per heavy atom. The standard InChI is InChI=1S/C23H20N2O3S/c1-16-10-6-8-14-19(16)24-23(26)22-21(17-11-4-3-5-12-17)18-13-7-9-15-20(18)25(2)29(22,27)28/h3-15H,1-2H3,(H,24,26). The van der Waals surface area contributed by atoms with Crippen LogP contribution in [0.4, 0.5) is 11.4 Å². The predicted octanol–water partition coefficient (Wildman–Crippen LogP) is 4.17. The first-order chi connectivity index (χ1) is 13.9. The van der Waals surface area contributed by atoms with Gasteiger partial charge < -0.3 is 5.32 Å². The van der Waals surface area contributed by atoms with Crippen molar-refractivity contribution < 1.29 is 13.2 Å². The second-order valence-electron chi connectivity index (χ2n) is 6.83. The first-order valence-electron chi connectivity index (χ1n) is 9.16. The average Bonchev–Trinajstić information content (AvgIpc) is 2.73. The van der Waals surface area contributed by atoms with Gasteiger partial charge in [-0.25, -0.2) is 8.42 Å². The van der Waals surface area contributed by atoms with Crippen molar-refractivity contribution in [1.29, 1.82) is 0 Å². The lowest BCUT2D eigenvalue weighted by atomic mass is 9.95. The van der Waals surface area contributed by atoms with Crippen LogP contribution in [0.3, 0.4) is 0 Å². The number of rotatable bonds is 3. The van der Waals surface area contributed by atoms with Gasteiger partial charge in [-0.05, 0) is 30.2 Å². The zero-order valence-electron chi connectivity index (χ0n) is 16.1. The third kappa shape index (κ3) is 3.21. The highest BCUT2D eigenvalue weighted by Crippen LogP contribution is 2.42. The predicted molar refractivity (Wildman–Crippen MR) is 116 cm³/mol. The van der Waals surface area contributed by atoms with Crippen molar-refractivity contribution in [3.8, 4) is 0 Å². The monoisotopic (exact) mass is 404 g/mol. The molecule has 1 aliphatic heterocycles. The molecule has 3 aromatic rings. The number of carbonyl (C=O) groups is 1. The topological polar surface area (TPSA) is 66.5 Å². The summed E-state index contributed by atoms with van der Waals surface area (Å²) in [6.07, 6.45) is 0. The molecule has 1 N–H and O–H groups in total. The summed E-state index contributed by atoms with van der Waals surface area (Å²) in [4.78, 5) is 13.0. The van der Waals surface area contributed by atoms with Crippen LogP contribution in [-0.4, -0.2) is 21.4 Å². The molecule has 0 saturated heterocycles. The molecule has 0 bridgehead atoms. The van der Waals surface area contributed by atoms with Crippen molar-refractivity contribution in [2.45, 2.75) is 6.92 Å². The van der Waals surface area contributed by atoms with Gasteiger partial charge in [-0.1, -0.05) is 66.7 Å². The van der Waals surface area contributed by atoms with Crippen molar-refractivity contribution in [3.05, 3.63) is 100 Å². The second kappa shape index (κ2) is 7.22. The molecule has 0 atom stereocenters. The van der Waals surface area contributed by atoms with Gasteiger partial charge in [0.2, 0.25) is 0 Å². The number of anilines is 2. The van der Waals surface area contributed by atoms with Crippen molar-refractivity contribution in [3.63, 3.8) is 0 Å². The van der Waals surface area contributed by atoms with Crippen LogP contribution in [0.15, 0.2) is 83.8 Å². The van der Waals surface area contributed by atoms with E-state index in [4.69, 9.17) is 0 Å². The van der Waals surface area contributed by atoms with Crippen LogP contribution in [0.5, 0.6) is 0 Å². The Kier molecular flexibility index (Phi) is 4.72. The van der Waals surface area contributed by atoms with E-state index >= 15 is 0 Å². The Balaban J connectivity index is 1.98. The fourth-order valence-electron chi connectivity index (χ4n) is 3.49. The van der Waals surface area contributed by atoms with Gasteiger partial charge in [0.25, 0.3) is 15.9 Å². The lowest BCUT2D eigenvalue weighted by molar-refractivity contribution is -0.112. The third-order valence-electron chi connectivity index (χ3n) is 5.02. The summed E-state index contributed by atoms with van der Waals surface area (Å²) in [6, 6.07) is 23.6. The number of sulfonamides is 1. The number of para-hydroxylation sites is 2. The lowest BCUT2D eigenvalue weighted by Gasteiger charge is -2.31.